The van der Waals surface area contributed by atoms with Gasteiger partial charge in [-0.3, -0.25) is 4.79 Å². The first-order valence-corrected chi connectivity index (χ1v) is 10.2. The van der Waals surface area contributed by atoms with Crippen LogP contribution in [0.2, 0.25) is 0 Å². The maximum Gasteiger partial charge on any atom is 0.244 e. The van der Waals surface area contributed by atoms with E-state index < -0.39 is 21.0 Å². The molecule has 1 amide bonds. The number of anilines is 1. The Morgan fingerprint density at radius 3 is 2.56 bits per heavy atom. The van der Waals surface area contributed by atoms with Crippen LogP contribution in [0.4, 0.5) is 5.13 Å². The molecule has 0 fully saturated rings. The van der Waals surface area contributed by atoms with Gasteiger partial charge in [0.05, 0.1) is 10.2 Å². The summed E-state index contributed by atoms with van der Waals surface area (Å²) >= 11 is 1.26. The van der Waals surface area contributed by atoms with E-state index in [0.717, 1.165) is 16.7 Å². The molecule has 0 radical (unpaired) electrons. The van der Waals surface area contributed by atoms with Crippen molar-refractivity contribution in [1.29, 1.82) is 0 Å². The standard InChI is InChI=1S/C17H16N2O4S2/c1-11(25(2,21)22)16(20)19-17-18-14-9-8-13(10-15(14)24-17)23-12-6-4-3-5-7-12/h3-11H,1-2H3,(H,18,19,20). The molecule has 1 aromatic heterocycles. The predicted molar refractivity (Wildman–Crippen MR) is 99.1 cm³/mol. The monoisotopic (exact) mass is 376 g/mol. The van der Waals surface area contributed by atoms with E-state index in [4.69, 9.17) is 4.74 Å². The third-order valence-electron chi connectivity index (χ3n) is 3.58. The molecule has 1 N–H and O–H groups in total. The van der Waals surface area contributed by atoms with E-state index >= 15 is 0 Å². The van der Waals surface area contributed by atoms with Gasteiger partial charge in [0.2, 0.25) is 5.91 Å². The highest BCUT2D eigenvalue weighted by atomic mass is 32.2. The average Bonchev–Trinajstić information content (AvgIpc) is 2.95. The zero-order valence-electron chi connectivity index (χ0n) is 13.6. The first-order valence-electron chi connectivity index (χ1n) is 7.46. The number of rotatable bonds is 5. The zero-order chi connectivity index (χ0) is 18.0. The first-order chi connectivity index (χ1) is 11.8. The molecule has 1 unspecified atom stereocenters. The van der Waals surface area contributed by atoms with Crippen LogP contribution in [0.3, 0.4) is 0 Å². The molecule has 0 spiro atoms. The number of sulfone groups is 1. The second-order valence-electron chi connectivity index (χ2n) is 5.52. The van der Waals surface area contributed by atoms with Gasteiger partial charge in [0.1, 0.15) is 16.7 Å². The lowest BCUT2D eigenvalue weighted by atomic mass is 10.3. The Hall–Kier alpha value is -2.45. The van der Waals surface area contributed by atoms with Crippen molar-refractivity contribution in [3.05, 3.63) is 48.5 Å². The topological polar surface area (TPSA) is 85.4 Å². The van der Waals surface area contributed by atoms with Crippen molar-refractivity contribution in [3.8, 4) is 11.5 Å². The lowest BCUT2D eigenvalue weighted by Gasteiger charge is -2.07. The Bertz CT molecular complexity index is 1010. The van der Waals surface area contributed by atoms with E-state index in [1.807, 2.05) is 36.4 Å². The van der Waals surface area contributed by atoms with Crippen LogP contribution in [-0.4, -0.2) is 30.8 Å². The number of hydrogen-bond acceptors (Lipinski definition) is 6. The summed E-state index contributed by atoms with van der Waals surface area (Å²) in [5.41, 5.74) is 0.702. The van der Waals surface area contributed by atoms with Crippen molar-refractivity contribution in [2.75, 3.05) is 11.6 Å². The van der Waals surface area contributed by atoms with Gasteiger partial charge in [0, 0.05) is 12.3 Å². The number of nitrogens with zero attached hydrogens (tertiary/aromatic N) is 1. The summed E-state index contributed by atoms with van der Waals surface area (Å²) in [5, 5.41) is 1.78. The highest BCUT2D eigenvalue weighted by Gasteiger charge is 2.24. The number of thiazole rings is 1. The summed E-state index contributed by atoms with van der Waals surface area (Å²) in [7, 11) is -3.45. The van der Waals surface area contributed by atoms with Gasteiger partial charge < -0.3 is 10.1 Å². The minimum absolute atomic E-state index is 0.354. The van der Waals surface area contributed by atoms with Crippen LogP contribution in [0.5, 0.6) is 11.5 Å². The van der Waals surface area contributed by atoms with Gasteiger partial charge in [-0.05, 0) is 31.2 Å². The maximum absolute atomic E-state index is 12.0. The number of amides is 1. The lowest BCUT2D eigenvalue weighted by Crippen LogP contribution is -2.31. The number of ether oxygens (including phenoxy) is 1. The molecular formula is C17H16N2O4S2. The van der Waals surface area contributed by atoms with Crippen LogP contribution in [0, 0.1) is 0 Å². The molecule has 130 valence electrons. The number of benzene rings is 2. The zero-order valence-corrected chi connectivity index (χ0v) is 15.2. The van der Waals surface area contributed by atoms with Crippen molar-refractivity contribution >= 4 is 42.4 Å². The fourth-order valence-electron chi connectivity index (χ4n) is 2.05. The van der Waals surface area contributed by atoms with E-state index in [9.17, 15) is 13.2 Å². The summed E-state index contributed by atoms with van der Waals surface area (Å²) in [6.45, 7) is 1.35. The molecule has 1 heterocycles. The van der Waals surface area contributed by atoms with Gasteiger partial charge in [0.15, 0.2) is 15.0 Å². The van der Waals surface area contributed by atoms with Gasteiger partial charge in [0.25, 0.3) is 0 Å². The largest absolute Gasteiger partial charge is 0.457 e. The van der Waals surface area contributed by atoms with Crippen LogP contribution in [0.1, 0.15) is 6.92 Å². The van der Waals surface area contributed by atoms with Crippen molar-refractivity contribution in [2.24, 2.45) is 0 Å². The fourth-order valence-corrected chi connectivity index (χ4v) is 3.39. The number of carbonyl (C=O) groups excluding carboxylic acids is 1. The molecule has 3 rings (SSSR count). The van der Waals surface area contributed by atoms with Crippen molar-refractivity contribution in [3.63, 3.8) is 0 Å². The molecule has 0 saturated heterocycles. The quantitative estimate of drug-likeness (QED) is 0.737. The molecule has 0 saturated carbocycles. The lowest BCUT2D eigenvalue weighted by molar-refractivity contribution is -0.115. The Morgan fingerprint density at radius 1 is 1.16 bits per heavy atom. The van der Waals surface area contributed by atoms with Crippen LogP contribution < -0.4 is 10.1 Å². The van der Waals surface area contributed by atoms with Crippen molar-refractivity contribution < 1.29 is 17.9 Å². The molecule has 25 heavy (non-hydrogen) atoms. The summed E-state index contributed by atoms with van der Waals surface area (Å²) in [5.74, 6) is 0.786. The third kappa shape index (κ3) is 4.15. The number of para-hydroxylation sites is 1. The van der Waals surface area contributed by atoms with Gasteiger partial charge in [-0.1, -0.05) is 29.5 Å². The summed E-state index contributed by atoms with van der Waals surface area (Å²) in [4.78, 5) is 16.3. The van der Waals surface area contributed by atoms with Crippen LogP contribution >= 0.6 is 11.3 Å². The van der Waals surface area contributed by atoms with Gasteiger partial charge >= 0.3 is 0 Å². The highest BCUT2D eigenvalue weighted by molar-refractivity contribution is 7.92. The SMILES string of the molecule is CC(C(=O)Nc1nc2ccc(Oc3ccccc3)cc2s1)S(C)(=O)=O. The van der Waals surface area contributed by atoms with Gasteiger partial charge in [-0.15, -0.1) is 0 Å². The predicted octanol–water partition coefficient (Wildman–Crippen LogP) is 3.46. The molecule has 2 aromatic carbocycles. The second-order valence-corrected chi connectivity index (χ2v) is 8.92. The van der Waals surface area contributed by atoms with E-state index in [1.165, 1.54) is 18.3 Å². The van der Waals surface area contributed by atoms with Crippen LogP contribution in [-0.2, 0) is 14.6 Å². The molecule has 0 bridgehead atoms. The minimum atomic E-state index is -3.45. The third-order valence-corrected chi connectivity index (χ3v) is 6.01. The molecule has 6 nitrogen and oxygen atoms in total. The van der Waals surface area contributed by atoms with Crippen molar-refractivity contribution in [2.45, 2.75) is 12.2 Å². The number of nitrogens with one attached hydrogen (secondary N) is 1. The number of hydrogen-bond donors (Lipinski definition) is 1. The molecule has 8 heteroatoms. The van der Waals surface area contributed by atoms with Gasteiger partial charge in [-0.2, -0.15) is 0 Å². The molecule has 0 aliphatic heterocycles. The smallest absolute Gasteiger partial charge is 0.244 e. The van der Waals surface area contributed by atoms with Crippen LogP contribution in [0.25, 0.3) is 10.2 Å². The molecule has 1 atom stereocenters. The normalized spacial score (nSPS) is 12.7. The molecule has 0 aliphatic carbocycles. The number of carbonyl (C=O) groups is 1. The molecular weight excluding hydrogens is 360 g/mol. The minimum Gasteiger partial charge on any atom is -0.457 e. The summed E-state index contributed by atoms with van der Waals surface area (Å²) < 4.78 is 29.5. The van der Waals surface area contributed by atoms with E-state index in [1.54, 1.807) is 12.1 Å². The molecule has 3 aromatic rings. The van der Waals surface area contributed by atoms with Gasteiger partial charge in [-0.25, -0.2) is 13.4 Å². The summed E-state index contributed by atoms with van der Waals surface area (Å²) in [6.07, 6.45) is 1.03. The highest BCUT2D eigenvalue weighted by Crippen LogP contribution is 2.31. The maximum atomic E-state index is 12.0. The average molecular weight is 376 g/mol. The Labute approximate surface area is 149 Å². The Balaban J connectivity index is 1.80. The van der Waals surface area contributed by atoms with Crippen molar-refractivity contribution in [1.82, 2.24) is 4.98 Å². The fraction of sp³-hybridized carbons (Fsp3) is 0.176. The summed E-state index contributed by atoms with van der Waals surface area (Å²) in [6, 6.07) is 14.8. The van der Waals surface area contributed by atoms with Crippen LogP contribution in [0.15, 0.2) is 48.5 Å². The molecule has 0 aliphatic rings. The number of aromatic nitrogens is 1. The van der Waals surface area contributed by atoms with E-state index in [-0.39, 0.29) is 0 Å². The first kappa shape index (κ1) is 17.4. The second kappa shape index (κ2) is 6.81. The van der Waals surface area contributed by atoms with E-state index in [2.05, 4.69) is 10.3 Å². The Morgan fingerprint density at radius 2 is 1.88 bits per heavy atom. The van der Waals surface area contributed by atoms with E-state index in [0.29, 0.717) is 16.4 Å². The Kier molecular flexibility index (Phi) is 4.73. The number of fused-ring (bicyclic) bond motifs is 1.